The zero-order valence-electron chi connectivity index (χ0n) is 43.8. The van der Waals surface area contributed by atoms with Crippen LogP contribution in [0.3, 0.4) is 0 Å². The molecule has 0 unspecified atom stereocenters. The number of hydrogen-bond donors (Lipinski definition) is 3. The van der Waals surface area contributed by atoms with E-state index in [2.05, 4.69) is 48.3 Å². The van der Waals surface area contributed by atoms with Gasteiger partial charge in [-0.1, -0.05) is 59.7 Å². The summed E-state index contributed by atoms with van der Waals surface area (Å²) in [7, 11) is 2.70. The quantitative estimate of drug-likeness (QED) is 0.0845. The van der Waals surface area contributed by atoms with Gasteiger partial charge < -0.3 is 24.6 Å². The number of aromatic nitrogens is 2. The molecule has 0 saturated carbocycles. The standard InChI is InChI=1S/C29H34N4O3S.C25H31N3O3.C4H4ClNS/c1-4-33(5-2)28(34)23-11-9-21(10-12-23)27(24-7-6-8-25(17-24)31-29(35)36-3)22-13-15-32(16-14-22)18-26-19-37-20-30-26;1-4-28(5-2)24(29)20-11-9-18(10-12-20)23(19-13-15-26-16-14-19)21-7-6-8-22(17-21)27-25(30)31-3;5-1-4-2-7-3-6-4/h6-12,17,19-20H,4-5,13-16,18H2,1-3H3,(H,31,35);6-12,17,26H,4-5,13-16H2,1-3H3,(H,27,30);2-3H,1H2. The third-order valence-electron chi connectivity index (χ3n) is 13.0. The molecule has 17 heteroatoms. The minimum Gasteiger partial charge on any atom is -0.453 e. The van der Waals surface area contributed by atoms with Gasteiger partial charge in [-0.2, -0.15) is 0 Å². The highest BCUT2D eigenvalue weighted by Crippen LogP contribution is 2.35. The molecule has 0 spiro atoms. The van der Waals surface area contributed by atoms with Gasteiger partial charge in [-0.3, -0.25) is 25.1 Å². The van der Waals surface area contributed by atoms with Crippen molar-refractivity contribution in [3.05, 3.63) is 175 Å². The molecule has 2 saturated heterocycles. The smallest absolute Gasteiger partial charge is 0.411 e. The number of nitrogens with one attached hydrogen (secondary N) is 3. The van der Waals surface area contributed by atoms with Crippen LogP contribution in [0.1, 0.15) is 108 Å². The van der Waals surface area contributed by atoms with Crippen molar-refractivity contribution in [1.82, 2.24) is 30.0 Å². The molecule has 3 N–H and O–H groups in total. The van der Waals surface area contributed by atoms with Crippen LogP contribution in [0.2, 0.25) is 0 Å². The van der Waals surface area contributed by atoms with E-state index >= 15 is 0 Å². The van der Waals surface area contributed by atoms with Crippen molar-refractivity contribution >= 4 is 80.8 Å². The maximum Gasteiger partial charge on any atom is 0.411 e. The van der Waals surface area contributed by atoms with Crippen LogP contribution in [-0.4, -0.2) is 115 Å². The minimum atomic E-state index is -0.499. The molecule has 4 amide bonds. The van der Waals surface area contributed by atoms with Gasteiger partial charge >= 0.3 is 12.2 Å². The molecule has 2 aliphatic heterocycles. The Balaban J connectivity index is 0.000000218. The summed E-state index contributed by atoms with van der Waals surface area (Å²) in [5.74, 6) is 0.631. The molecule has 2 aromatic heterocycles. The largest absolute Gasteiger partial charge is 0.453 e. The lowest BCUT2D eigenvalue weighted by Crippen LogP contribution is -2.30. The first-order valence-electron chi connectivity index (χ1n) is 25.4. The van der Waals surface area contributed by atoms with E-state index in [4.69, 9.17) is 21.1 Å². The number of alkyl halides is 1. The molecule has 0 aliphatic carbocycles. The van der Waals surface area contributed by atoms with Crippen molar-refractivity contribution in [2.24, 2.45) is 0 Å². The second kappa shape index (κ2) is 30.0. The van der Waals surface area contributed by atoms with Gasteiger partial charge in [0, 0.05) is 79.1 Å². The topological polar surface area (TPSA) is 158 Å². The summed E-state index contributed by atoms with van der Waals surface area (Å²) >= 11 is 8.61. The highest BCUT2D eigenvalue weighted by molar-refractivity contribution is 7.07. The highest BCUT2D eigenvalue weighted by atomic mass is 35.5. The average Bonchev–Trinajstić information content (AvgIpc) is 4.19. The maximum absolute atomic E-state index is 12.9. The number of amides is 4. The molecular formula is C58H69ClN8O6S2. The number of halogens is 1. The van der Waals surface area contributed by atoms with Crippen LogP contribution >= 0.6 is 34.3 Å². The van der Waals surface area contributed by atoms with E-state index in [1.54, 1.807) is 28.2 Å². The van der Waals surface area contributed by atoms with Gasteiger partial charge in [0.05, 0.1) is 42.5 Å². The lowest BCUT2D eigenvalue weighted by atomic mass is 9.87. The van der Waals surface area contributed by atoms with Crippen LogP contribution in [0, 0.1) is 0 Å². The van der Waals surface area contributed by atoms with Gasteiger partial charge in [0.2, 0.25) is 0 Å². The van der Waals surface area contributed by atoms with Crippen molar-refractivity contribution in [2.75, 3.05) is 77.2 Å². The number of benzene rings is 4. The monoisotopic (exact) mass is 1070 g/mol. The average molecular weight is 1070 g/mol. The Hall–Kier alpha value is -6.69. The second-order valence-electron chi connectivity index (χ2n) is 17.6. The fourth-order valence-electron chi connectivity index (χ4n) is 9.00. The van der Waals surface area contributed by atoms with Crippen LogP contribution in [0.15, 0.2) is 130 Å². The van der Waals surface area contributed by atoms with E-state index in [1.807, 2.05) is 133 Å². The molecule has 0 bridgehead atoms. The third-order valence-corrected chi connectivity index (χ3v) is 14.5. The minimum absolute atomic E-state index is 0.0466. The summed E-state index contributed by atoms with van der Waals surface area (Å²) in [6, 6.07) is 31.5. The predicted molar refractivity (Wildman–Crippen MR) is 305 cm³/mol. The van der Waals surface area contributed by atoms with E-state index in [0.717, 1.165) is 103 Å². The van der Waals surface area contributed by atoms with Crippen molar-refractivity contribution in [3.63, 3.8) is 0 Å². The Morgan fingerprint density at radius 3 is 1.37 bits per heavy atom. The molecule has 4 aromatic carbocycles. The van der Waals surface area contributed by atoms with E-state index < -0.39 is 12.2 Å². The van der Waals surface area contributed by atoms with E-state index in [1.165, 1.54) is 25.4 Å². The number of carbonyl (C=O) groups is 4. The molecule has 2 fully saturated rings. The van der Waals surface area contributed by atoms with E-state index in [-0.39, 0.29) is 11.8 Å². The maximum atomic E-state index is 12.9. The Labute approximate surface area is 454 Å². The zero-order chi connectivity index (χ0) is 53.5. The fourth-order valence-corrected chi connectivity index (χ4v) is 10.3. The van der Waals surface area contributed by atoms with Gasteiger partial charge in [-0.15, -0.1) is 34.3 Å². The molecule has 14 nitrogen and oxygen atoms in total. The predicted octanol–water partition coefficient (Wildman–Crippen LogP) is 12.3. The van der Waals surface area contributed by atoms with Gasteiger partial charge in [0.15, 0.2) is 0 Å². The molecular weight excluding hydrogens is 1000 g/mol. The van der Waals surface area contributed by atoms with Crippen molar-refractivity contribution < 1.29 is 28.7 Å². The first-order valence-corrected chi connectivity index (χ1v) is 27.8. The number of likely N-dealkylation sites (tertiary alicyclic amines) is 1. The lowest BCUT2D eigenvalue weighted by molar-refractivity contribution is 0.0765. The summed E-state index contributed by atoms with van der Waals surface area (Å²) < 4.78 is 9.50. The number of thiazole rings is 2. The molecule has 0 radical (unpaired) electrons. The van der Waals surface area contributed by atoms with Crippen molar-refractivity contribution in [3.8, 4) is 0 Å². The molecule has 4 heterocycles. The number of piperidine rings is 2. The Bertz CT molecular complexity index is 2810. The number of anilines is 2. The van der Waals surface area contributed by atoms with Crippen molar-refractivity contribution in [2.45, 2.75) is 65.8 Å². The van der Waals surface area contributed by atoms with Gasteiger partial charge in [-0.25, -0.2) is 19.6 Å². The Kier molecular flexibility index (Phi) is 23.0. The van der Waals surface area contributed by atoms with Gasteiger partial charge in [-0.05, 0) is 148 Å². The number of methoxy groups -OCH3 is 2. The second-order valence-corrected chi connectivity index (χ2v) is 19.3. The Morgan fingerprint density at radius 2 is 1.00 bits per heavy atom. The van der Waals surface area contributed by atoms with E-state index in [9.17, 15) is 19.2 Å². The van der Waals surface area contributed by atoms with Crippen LogP contribution in [0.25, 0.3) is 11.1 Å². The molecule has 75 heavy (non-hydrogen) atoms. The van der Waals surface area contributed by atoms with Gasteiger partial charge in [0.25, 0.3) is 11.8 Å². The number of ether oxygens (including phenoxy) is 2. The van der Waals surface area contributed by atoms with Gasteiger partial charge in [0.1, 0.15) is 0 Å². The summed E-state index contributed by atoms with van der Waals surface area (Å²) in [6.45, 7) is 15.4. The molecule has 8 rings (SSSR count). The number of carbonyl (C=O) groups excluding carboxylic acids is 4. The summed E-state index contributed by atoms with van der Waals surface area (Å²) in [5.41, 5.74) is 17.8. The molecule has 0 atom stereocenters. The summed E-state index contributed by atoms with van der Waals surface area (Å²) in [4.78, 5) is 63.5. The third kappa shape index (κ3) is 16.7. The number of nitrogens with zero attached hydrogens (tertiary/aromatic N) is 5. The fraction of sp³-hybridized carbons (Fsp3) is 0.345. The Morgan fingerprint density at radius 1 is 0.587 bits per heavy atom. The van der Waals surface area contributed by atoms with Crippen molar-refractivity contribution in [1.29, 1.82) is 0 Å². The summed E-state index contributed by atoms with van der Waals surface area (Å²) in [6.07, 6.45) is 2.81. The lowest BCUT2D eigenvalue weighted by Gasteiger charge is -2.30. The number of hydrogen-bond acceptors (Lipinski definition) is 12. The van der Waals surface area contributed by atoms with Crippen LogP contribution in [-0.2, 0) is 21.9 Å². The van der Waals surface area contributed by atoms with Crippen LogP contribution < -0.4 is 16.0 Å². The van der Waals surface area contributed by atoms with E-state index in [0.29, 0.717) is 54.6 Å². The number of rotatable bonds is 15. The first-order chi connectivity index (χ1) is 36.5. The molecule has 396 valence electrons. The zero-order valence-corrected chi connectivity index (χ0v) is 46.2. The SMILES string of the molecule is CCN(CC)C(=O)c1ccc(C(=C2CCN(Cc3cscn3)CC2)c2cccc(NC(=O)OC)c2)cc1.CCN(CC)C(=O)c1ccc(C(=C2CCNCC2)c2cccc(NC(=O)OC)c2)cc1.ClCc1cscn1. The summed E-state index contributed by atoms with van der Waals surface area (Å²) in [5, 5.41) is 13.0. The van der Waals surface area contributed by atoms with Crippen LogP contribution in [0.5, 0.6) is 0 Å². The first kappa shape index (κ1) is 57.6. The molecule has 6 aromatic rings. The van der Waals surface area contributed by atoms with Crippen LogP contribution in [0.4, 0.5) is 21.0 Å². The molecule has 2 aliphatic rings. The highest BCUT2D eigenvalue weighted by Gasteiger charge is 2.22. The normalized spacial score (nSPS) is 13.2.